The third kappa shape index (κ3) is 4.18. The number of benzene rings is 1. The molecule has 0 aromatic heterocycles. The van der Waals surface area contributed by atoms with Gasteiger partial charge >= 0.3 is 5.97 Å². The van der Waals surface area contributed by atoms with Crippen LogP contribution in [0, 0.1) is 5.92 Å². The van der Waals surface area contributed by atoms with Gasteiger partial charge in [0.1, 0.15) is 9.68 Å². The maximum absolute atomic E-state index is 13.1. The molecule has 1 aliphatic rings. The SMILES string of the molecule is CCOC(=O)[C@@H](C)[C@](O)(CCc1ccccc1)[C@]1(CC)SCCC[S@]1=O. The number of hydrogen-bond acceptors (Lipinski definition) is 5. The second kappa shape index (κ2) is 9.38. The van der Waals surface area contributed by atoms with Crippen molar-refractivity contribution in [3.63, 3.8) is 0 Å². The van der Waals surface area contributed by atoms with Gasteiger partial charge in [0.25, 0.3) is 0 Å². The van der Waals surface area contributed by atoms with Crippen LogP contribution < -0.4 is 0 Å². The molecule has 1 saturated heterocycles. The second-order valence-electron chi connectivity index (χ2n) is 6.74. The van der Waals surface area contributed by atoms with E-state index in [1.807, 2.05) is 37.3 Å². The zero-order valence-electron chi connectivity index (χ0n) is 15.9. The van der Waals surface area contributed by atoms with Gasteiger partial charge in [-0.15, -0.1) is 11.8 Å². The average molecular weight is 399 g/mol. The van der Waals surface area contributed by atoms with Crippen molar-refractivity contribution in [3.05, 3.63) is 35.9 Å². The van der Waals surface area contributed by atoms with Crippen LogP contribution >= 0.6 is 11.8 Å². The van der Waals surface area contributed by atoms with Gasteiger partial charge in [-0.1, -0.05) is 37.3 Å². The number of ether oxygens (including phenoxy) is 1. The number of carbonyl (C=O) groups excluding carboxylic acids is 1. The van der Waals surface area contributed by atoms with Gasteiger partial charge in [0, 0.05) is 16.6 Å². The molecular weight excluding hydrogens is 368 g/mol. The first-order valence-corrected chi connectivity index (χ1v) is 11.7. The largest absolute Gasteiger partial charge is 0.466 e. The van der Waals surface area contributed by atoms with Gasteiger partial charge in [0.05, 0.1) is 12.5 Å². The standard InChI is InChI=1S/C20H30O4S2/c1-4-20(25-14-9-15-26(20)23)19(22,16(3)18(21)24-5-2)13-12-17-10-7-6-8-11-17/h6-8,10-11,16,22H,4-5,9,12-15H2,1-3H3/t16-,19-,20-,26-/m1/s1. The van der Waals surface area contributed by atoms with Gasteiger partial charge in [-0.05, 0) is 50.8 Å². The molecule has 0 unspecified atom stereocenters. The van der Waals surface area contributed by atoms with Crippen LogP contribution in [0.2, 0.25) is 0 Å². The monoisotopic (exact) mass is 398 g/mol. The van der Waals surface area contributed by atoms with Crippen molar-refractivity contribution < 1.29 is 18.8 Å². The Balaban J connectivity index is 2.39. The molecule has 1 aliphatic heterocycles. The lowest BCUT2D eigenvalue weighted by Crippen LogP contribution is -2.61. The lowest BCUT2D eigenvalue weighted by Gasteiger charge is -2.50. The normalized spacial score (nSPS) is 26.7. The lowest BCUT2D eigenvalue weighted by atomic mass is 9.79. The minimum atomic E-state index is -1.39. The zero-order valence-corrected chi connectivity index (χ0v) is 17.5. The Hall–Kier alpha value is -0.850. The van der Waals surface area contributed by atoms with E-state index in [1.165, 1.54) is 0 Å². The Bertz CT molecular complexity index is 621. The second-order valence-corrected chi connectivity index (χ2v) is 10.2. The minimum absolute atomic E-state index is 0.271. The summed E-state index contributed by atoms with van der Waals surface area (Å²) in [5.74, 6) is 0.270. The number of esters is 1. The summed E-state index contributed by atoms with van der Waals surface area (Å²) in [4.78, 5) is 12.5. The van der Waals surface area contributed by atoms with Crippen LogP contribution in [0.25, 0.3) is 0 Å². The lowest BCUT2D eigenvalue weighted by molar-refractivity contribution is -0.158. The Labute approximate surface area is 163 Å². The molecule has 2 rings (SSSR count). The van der Waals surface area contributed by atoms with Crippen LogP contribution in [0.4, 0.5) is 0 Å². The minimum Gasteiger partial charge on any atom is -0.466 e. The molecule has 1 aromatic carbocycles. The zero-order chi connectivity index (χ0) is 19.2. The number of aryl methyl sites for hydroxylation is 1. The third-order valence-corrected chi connectivity index (χ3v) is 9.85. The molecule has 4 atom stereocenters. The van der Waals surface area contributed by atoms with E-state index in [0.717, 1.165) is 17.7 Å². The number of rotatable bonds is 8. The number of carbonyl (C=O) groups is 1. The molecule has 1 heterocycles. The highest BCUT2D eigenvalue weighted by Gasteiger charge is 2.59. The summed E-state index contributed by atoms with van der Waals surface area (Å²) in [5.41, 5.74) is -0.292. The molecule has 1 fully saturated rings. The van der Waals surface area contributed by atoms with E-state index in [1.54, 1.807) is 25.6 Å². The van der Waals surface area contributed by atoms with Crippen molar-refractivity contribution in [2.45, 2.75) is 56.1 Å². The van der Waals surface area contributed by atoms with Crippen LogP contribution in [0.3, 0.4) is 0 Å². The number of thioether (sulfide) groups is 1. The van der Waals surface area contributed by atoms with E-state index < -0.39 is 32.4 Å². The van der Waals surface area contributed by atoms with E-state index in [-0.39, 0.29) is 6.61 Å². The Morgan fingerprint density at radius 2 is 2.08 bits per heavy atom. The van der Waals surface area contributed by atoms with Gasteiger partial charge in [-0.3, -0.25) is 9.00 Å². The molecule has 0 spiro atoms. The van der Waals surface area contributed by atoms with Crippen molar-refractivity contribution in [2.24, 2.45) is 5.92 Å². The summed E-state index contributed by atoms with van der Waals surface area (Å²) < 4.78 is 17.4. The van der Waals surface area contributed by atoms with Gasteiger partial charge in [0.2, 0.25) is 0 Å². The summed E-state index contributed by atoms with van der Waals surface area (Å²) in [6.07, 6.45) is 2.44. The molecule has 0 bridgehead atoms. The molecule has 0 saturated carbocycles. The van der Waals surface area contributed by atoms with Gasteiger partial charge in [-0.25, -0.2) is 0 Å². The maximum Gasteiger partial charge on any atom is 0.311 e. The van der Waals surface area contributed by atoms with E-state index in [4.69, 9.17) is 4.74 Å². The summed E-state index contributed by atoms with van der Waals surface area (Å²) in [6.45, 7) is 5.71. The third-order valence-electron chi connectivity index (χ3n) is 5.30. The predicted molar refractivity (Wildman–Crippen MR) is 109 cm³/mol. The van der Waals surface area contributed by atoms with E-state index in [0.29, 0.717) is 25.0 Å². The summed E-state index contributed by atoms with van der Waals surface area (Å²) >= 11 is 1.57. The fourth-order valence-electron chi connectivity index (χ4n) is 3.73. The molecule has 0 amide bonds. The highest BCUT2D eigenvalue weighted by Crippen LogP contribution is 2.51. The van der Waals surface area contributed by atoms with E-state index in [2.05, 4.69) is 0 Å². The Morgan fingerprint density at radius 1 is 1.38 bits per heavy atom. The maximum atomic E-state index is 13.1. The fourth-order valence-corrected chi connectivity index (χ4v) is 8.02. The smallest absolute Gasteiger partial charge is 0.311 e. The Kier molecular flexibility index (Phi) is 7.74. The van der Waals surface area contributed by atoms with Gasteiger partial charge in [0.15, 0.2) is 0 Å². The van der Waals surface area contributed by atoms with E-state index in [9.17, 15) is 14.1 Å². The predicted octanol–water partition coefficient (Wildman–Crippen LogP) is 3.54. The number of aliphatic hydroxyl groups is 1. The average Bonchev–Trinajstić information content (AvgIpc) is 2.67. The van der Waals surface area contributed by atoms with Crippen molar-refractivity contribution in [3.8, 4) is 0 Å². The molecule has 26 heavy (non-hydrogen) atoms. The summed E-state index contributed by atoms with van der Waals surface area (Å²) in [6, 6.07) is 9.91. The topological polar surface area (TPSA) is 63.6 Å². The van der Waals surface area contributed by atoms with Crippen LogP contribution in [0.1, 0.15) is 45.6 Å². The van der Waals surface area contributed by atoms with Crippen LogP contribution in [-0.4, -0.2) is 43.1 Å². The quantitative estimate of drug-likeness (QED) is 0.679. The molecule has 6 heteroatoms. The van der Waals surface area contributed by atoms with Crippen molar-refractivity contribution in [1.29, 1.82) is 0 Å². The summed E-state index contributed by atoms with van der Waals surface area (Å²) in [5, 5.41) is 11.9. The molecule has 146 valence electrons. The Morgan fingerprint density at radius 3 is 2.65 bits per heavy atom. The summed E-state index contributed by atoms with van der Waals surface area (Å²) in [7, 11) is -1.20. The molecule has 0 radical (unpaired) electrons. The highest BCUT2D eigenvalue weighted by atomic mass is 32.2. The van der Waals surface area contributed by atoms with Crippen molar-refractivity contribution in [2.75, 3.05) is 18.1 Å². The molecule has 4 nitrogen and oxygen atoms in total. The molecule has 0 aliphatic carbocycles. The van der Waals surface area contributed by atoms with Crippen molar-refractivity contribution >= 4 is 28.5 Å². The van der Waals surface area contributed by atoms with Gasteiger partial charge in [-0.2, -0.15) is 0 Å². The molecule has 1 aromatic rings. The first-order valence-electron chi connectivity index (χ1n) is 9.36. The molecule has 1 N–H and O–H groups in total. The van der Waals surface area contributed by atoms with Crippen molar-refractivity contribution in [1.82, 2.24) is 0 Å². The van der Waals surface area contributed by atoms with Crippen LogP contribution in [-0.2, 0) is 26.8 Å². The fraction of sp³-hybridized carbons (Fsp3) is 0.650. The first-order chi connectivity index (χ1) is 12.4. The molecular formula is C20H30O4S2. The van der Waals surface area contributed by atoms with E-state index >= 15 is 0 Å². The first kappa shape index (κ1) is 21.5. The van der Waals surface area contributed by atoms with Crippen LogP contribution in [0.15, 0.2) is 30.3 Å². The van der Waals surface area contributed by atoms with Gasteiger partial charge < -0.3 is 9.84 Å². The highest BCUT2D eigenvalue weighted by molar-refractivity contribution is 8.13. The number of hydrogen-bond donors (Lipinski definition) is 1. The van der Waals surface area contributed by atoms with Crippen LogP contribution in [0.5, 0.6) is 0 Å².